The molecular weight excluding hydrogens is 472 g/mol. The number of carboxylic acids is 1. The zero-order valence-corrected chi connectivity index (χ0v) is 23.1. The smallest absolute Gasteiger partial charge is 0.303 e. The average Bonchev–Trinajstić information content (AvgIpc) is 3.27. The number of aliphatic hydroxyl groups excluding tert-OH is 2. The highest BCUT2D eigenvalue weighted by molar-refractivity contribution is 5.84. The number of Topliss-reactive ketones (excluding diaryl/α,β-unsaturated/α-hetero) is 1. The standard InChI is InChI=1S/C6H13NO2.C6H11NO2.C6H9NO.C3H9NO.C3H6O2/c2*1-3-6(9)7-4-5(2)8;1-3-6-7-4-5(2)8-6;1-3(5)2-4;1-2-3(4)5/h5,8H,3-4H2,1-2H3,(H,7,9);3-4H2,1-2H3,(H,7,9);4H,3H2,1-2H3;3,5H,2,4H2,1H3;2H2,1H3,(H,4,5). The van der Waals surface area contributed by atoms with Crippen molar-refractivity contribution in [3.8, 4) is 0 Å². The number of aryl methyl sites for hydroxylation is 2. The normalized spacial score (nSPS) is 10.6. The number of aliphatic hydroxyl groups is 2. The van der Waals surface area contributed by atoms with Crippen LogP contribution in [-0.4, -0.2) is 75.7 Å². The van der Waals surface area contributed by atoms with Gasteiger partial charge in [-0.2, -0.15) is 0 Å². The zero-order valence-electron chi connectivity index (χ0n) is 23.1. The summed E-state index contributed by atoms with van der Waals surface area (Å²) in [5, 5.41) is 29.6. The molecule has 12 heteroatoms. The molecule has 1 heterocycles. The summed E-state index contributed by atoms with van der Waals surface area (Å²) in [7, 11) is 0. The number of carboxylic acid groups (broad SMARTS) is 1. The first kappa shape index (κ1) is 40.3. The molecule has 0 saturated heterocycles. The number of amides is 2. The van der Waals surface area contributed by atoms with Crippen molar-refractivity contribution in [1.29, 1.82) is 0 Å². The van der Waals surface area contributed by atoms with E-state index in [2.05, 4.69) is 15.6 Å². The van der Waals surface area contributed by atoms with Gasteiger partial charge in [0.05, 0.1) is 24.9 Å². The number of aliphatic carboxylic acids is 1. The van der Waals surface area contributed by atoms with E-state index in [4.69, 9.17) is 25.5 Å². The molecule has 1 aromatic heterocycles. The number of rotatable bonds is 9. The molecule has 7 N–H and O–H groups in total. The van der Waals surface area contributed by atoms with Gasteiger partial charge >= 0.3 is 5.97 Å². The van der Waals surface area contributed by atoms with Crippen molar-refractivity contribution >= 4 is 23.6 Å². The summed E-state index contributed by atoms with van der Waals surface area (Å²) in [4.78, 5) is 44.5. The summed E-state index contributed by atoms with van der Waals surface area (Å²) in [5.74, 6) is 0.854. The first-order valence-electron chi connectivity index (χ1n) is 11.9. The minimum absolute atomic E-state index is 0.0169. The zero-order chi connectivity index (χ0) is 29.1. The predicted molar refractivity (Wildman–Crippen MR) is 138 cm³/mol. The second-order valence-corrected chi connectivity index (χ2v) is 7.39. The molecule has 0 aliphatic heterocycles. The third kappa shape index (κ3) is 41.4. The Morgan fingerprint density at radius 2 is 1.42 bits per heavy atom. The van der Waals surface area contributed by atoms with Gasteiger partial charge in [-0.3, -0.25) is 19.2 Å². The van der Waals surface area contributed by atoms with Gasteiger partial charge in [0.25, 0.3) is 0 Å². The molecule has 2 unspecified atom stereocenters. The van der Waals surface area contributed by atoms with Gasteiger partial charge < -0.3 is 36.1 Å². The number of oxazole rings is 1. The van der Waals surface area contributed by atoms with Gasteiger partial charge in [-0.1, -0.05) is 27.7 Å². The number of ketones is 1. The van der Waals surface area contributed by atoms with Gasteiger partial charge in [0.2, 0.25) is 11.8 Å². The molecule has 0 aromatic carbocycles. The van der Waals surface area contributed by atoms with Gasteiger partial charge in [-0.25, -0.2) is 4.98 Å². The number of nitrogens with zero attached hydrogens (tertiary/aromatic N) is 1. The number of nitrogens with one attached hydrogen (secondary N) is 2. The monoisotopic (exact) mass is 520 g/mol. The Morgan fingerprint density at radius 1 is 0.972 bits per heavy atom. The summed E-state index contributed by atoms with van der Waals surface area (Å²) < 4.78 is 5.12. The number of carbonyl (C=O) groups is 4. The van der Waals surface area contributed by atoms with Gasteiger partial charge in [0, 0.05) is 38.8 Å². The lowest BCUT2D eigenvalue weighted by atomic mass is 10.4. The van der Waals surface area contributed by atoms with E-state index in [1.165, 1.54) is 6.92 Å². The number of carbonyl (C=O) groups excluding carboxylic acids is 3. The van der Waals surface area contributed by atoms with E-state index in [-0.39, 0.29) is 36.7 Å². The third-order valence-electron chi connectivity index (χ3n) is 3.39. The third-order valence-corrected chi connectivity index (χ3v) is 3.39. The predicted octanol–water partition coefficient (Wildman–Crippen LogP) is 1.35. The lowest BCUT2D eigenvalue weighted by Crippen LogP contribution is -2.29. The molecule has 0 radical (unpaired) electrons. The molecule has 0 aliphatic rings. The quantitative estimate of drug-likeness (QED) is 0.275. The molecule has 0 spiro atoms. The minimum Gasteiger partial charge on any atom is -0.481 e. The van der Waals surface area contributed by atoms with E-state index >= 15 is 0 Å². The van der Waals surface area contributed by atoms with Crippen molar-refractivity contribution in [3.05, 3.63) is 17.8 Å². The summed E-state index contributed by atoms with van der Waals surface area (Å²) in [6.07, 6.45) is 2.97. The lowest BCUT2D eigenvalue weighted by molar-refractivity contribution is -0.136. The fourth-order valence-corrected chi connectivity index (χ4v) is 1.30. The molecule has 2 amide bonds. The second kappa shape index (κ2) is 28.4. The largest absolute Gasteiger partial charge is 0.481 e. The highest BCUT2D eigenvalue weighted by atomic mass is 16.4. The van der Waals surface area contributed by atoms with Crippen LogP contribution in [0.1, 0.15) is 79.4 Å². The van der Waals surface area contributed by atoms with Gasteiger partial charge in [0.1, 0.15) is 11.5 Å². The molecule has 2 atom stereocenters. The van der Waals surface area contributed by atoms with Crippen LogP contribution in [0.5, 0.6) is 0 Å². The Hall–Kier alpha value is -2.83. The summed E-state index contributed by atoms with van der Waals surface area (Å²) in [5.41, 5.74) is 4.92. The van der Waals surface area contributed by atoms with Crippen LogP contribution >= 0.6 is 0 Å². The van der Waals surface area contributed by atoms with Crippen molar-refractivity contribution in [2.45, 2.75) is 93.3 Å². The fraction of sp³-hybridized carbons (Fsp3) is 0.708. The minimum atomic E-state index is -0.745. The maximum Gasteiger partial charge on any atom is 0.303 e. The molecule has 1 rings (SSSR count). The molecule has 12 nitrogen and oxygen atoms in total. The SMILES string of the molecule is CC(O)CN.CCC(=O)NCC(C)=O.CCC(=O)NCC(C)O.CCC(=O)O.CCc1ncc(C)o1. The van der Waals surface area contributed by atoms with E-state index in [0.29, 0.717) is 25.9 Å². The van der Waals surface area contributed by atoms with Crippen LogP contribution in [-0.2, 0) is 25.6 Å². The van der Waals surface area contributed by atoms with Crippen LogP contribution in [0.2, 0.25) is 0 Å². The fourth-order valence-electron chi connectivity index (χ4n) is 1.30. The Labute approximate surface area is 215 Å². The molecule has 0 saturated carbocycles. The Bertz CT molecular complexity index is 691. The van der Waals surface area contributed by atoms with Crippen molar-refractivity contribution in [3.63, 3.8) is 0 Å². The molecular formula is C24H48N4O8. The maximum atomic E-state index is 10.5. The van der Waals surface area contributed by atoms with Gasteiger partial charge in [-0.05, 0) is 27.7 Å². The van der Waals surface area contributed by atoms with Crippen molar-refractivity contribution in [1.82, 2.24) is 15.6 Å². The molecule has 1 aromatic rings. The van der Waals surface area contributed by atoms with Crippen LogP contribution in [0, 0.1) is 6.92 Å². The Kier molecular flexibility index (Phi) is 31.8. The number of aromatic nitrogens is 1. The van der Waals surface area contributed by atoms with Gasteiger partial charge in [0.15, 0.2) is 5.89 Å². The Balaban J connectivity index is -0.000000182. The first-order valence-corrected chi connectivity index (χ1v) is 11.9. The van der Waals surface area contributed by atoms with Crippen molar-refractivity contribution in [2.24, 2.45) is 5.73 Å². The van der Waals surface area contributed by atoms with E-state index in [1.54, 1.807) is 40.8 Å². The van der Waals surface area contributed by atoms with Crippen LogP contribution in [0.25, 0.3) is 0 Å². The van der Waals surface area contributed by atoms with E-state index in [9.17, 15) is 19.2 Å². The maximum absolute atomic E-state index is 10.5. The topological polar surface area (TPSA) is 205 Å². The molecule has 36 heavy (non-hydrogen) atoms. The van der Waals surface area contributed by atoms with E-state index < -0.39 is 12.1 Å². The molecule has 0 fully saturated rings. The van der Waals surface area contributed by atoms with Crippen LogP contribution < -0.4 is 16.4 Å². The molecule has 0 bridgehead atoms. The van der Waals surface area contributed by atoms with E-state index in [1.807, 2.05) is 13.8 Å². The van der Waals surface area contributed by atoms with Crippen molar-refractivity contribution in [2.75, 3.05) is 19.6 Å². The average molecular weight is 521 g/mol. The number of nitrogens with two attached hydrogens (primary N) is 1. The number of hydrogen-bond donors (Lipinski definition) is 6. The summed E-state index contributed by atoms with van der Waals surface area (Å²) in [6, 6.07) is 0. The highest BCUT2D eigenvalue weighted by Crippen LogP contribution is 2.00. The number of hydrogen-bond acceptors (Lipinski definition) is 9. The highest BCUT2D eigenvalue weighted by Gasteiger charge is 1.98. The van der Waals surface area contributed by atoms with Crippen LogP contribution in [0.3, 0.4) is 0 Å². The molecule has 0 aliphatic carbocycles. The first-order chi connectivity index (χ1) is 16.7. The summed E-state index contributed by atoms with van der Waals surface area (Å²) >= 11 is 0. The summed E-state index contributed by atoms with van der Waals surface area (Å²) in [6.45, 7) is 14.6. The van der Waals surface area contributed by atoms with Gasteiger partial charge in [-0.15, -0.1) is 0 Å². The Morgan fingerprint density at radius 3 is 1.64 bits per heavy atom. The van der Waals surface area contributed by atoms with Crippen LogP contribution in [0.15, 0.2) is 10.6 Å². The van der Waals surface area contributed by atoms with E-state index in [0.717, 1.165) is 18.1 Å². The van der Waals surface area contributed by atoms with Crippen LogP contribution in [0.4, 0.5) is 0 Å². The molecule has 212 valence electrons. The lowest BCUT2D eigenvalue weighted by Gasteiger charge is -2.04. The second-order valence-electron chi connectivity index (χ2n) is 7.39. The van der Waals surface area contributed by atoms with Crippen molar-refractivity contribution < 1.29 is 38.9 Å².